The summed E-state index contributed by atoms with van der Waals surface area (Å²) in [5, 5.41) is 7.33. The highest BCUT2D eigenvalue weighted by Gasteiger charge is 2.53. The highest BCUT2D eigenvalue weighted by Crippen LogP contribution is 2.43. The summed E-state index contributed by atoms with van der Waals surface area (Å²) in [5.41, 5.74) is -0.384. The third-order valence-electron chi connectivity index (χ3n) is 6.54. The molecule has 2 fully saturated rings. The predicted molar refractivity (Wildman–Crippen MR) is 124 cm³/mol. The number of benzene rings is 1. The van der Waals surface area contributed by atoms with E-state index < -0.39 is 48.0 Å². The molecule has 0 radical (unpaired) electrons. The number of carbonyl (C=O) groups is 5. The third-order valence-corrected chi connectivity index (χ3v) is 6.54. The van der Waals surface area contributed by atoms with Crippen molar-refractivity contribution >= 4 is 35.5 Å². The number of amides is 6. The molecule has 0 bridgehead atoms. The Morgan fingerprint density at radius 3 is 2.35 bits per heavy atom. The summed E-state index contributed by atoms with van der Waals surface area (Å²) in [6.45, 7) is 7.17. The lowest BCUT2D eigenvalue weighted by Gasteiger charge is -2.40. The second-order valence-corrected chi connectivity index (χ2v) is 9.99. The van der Waals surface area contributed by atoms with Gasteiger partial charge in [-0.3, -0.25) is 24.6 Å². The molecule has 1 saturated carbocycles. The molecular formula is C24H32N4O6. The number of carbonyl (C=O) groups excluding carboxylic acids is 5. The summed E-state index contributed by atoms with van der Waals surface area (Å²) in [6, 6.07) is 7.09. The zero-order chi connectivity index (χ0) is 25.1. The normalized spacial score (nSPS) is 23.3. The van der Waals surface area contributed by atoms with Gasteiger partial charge in [-0.25, -0.2) is 9.59 Å². The van der Waals surface area contributed by atoms with Crippen molar-refractivity contribution in [3.63, 3.8) is 0 Å². The Kier molecular flexibility index (Phi) is 7.28. The standard InChI is InChI=1S/C24H32N4O6/c1-15(19(30)26-21(32)25-17-8-6-5-7-9-17)34-18(29)14-28-20(31)24(27-22(28)33)12-10-16(11-13-24)23(2,3)4/h5-9,15-16H,10-14H2,1-4H3,(H,27,33)(H2,25,26,30,32). The van der Waals surface area contributed by atoms with Gasteiger partial charge in [-0.15, -0.1) is 0 Å². The quantitative estimate of drug-likeness (QED) is 0.446. The van der Waals surface area contributed by atoms with Crippen LogP contribution < -0.4 is 16.0 Å². The van der Waals surface area contributed by atoms with E-state index in [9.17, 15) is 24.0 Å². The van der Waals surface area contributed by atoms with Gasteiger partial charge in [-0.2, -0.15) is 0 Å². The lowest BCUT2D eigenvalue weighted by Crippen LogP contribution is -2.51. The topological polar surface area (TPSA) is 134 Å². The van der Waals surface area contributed by atoms with E-state index in [0.717, 1.165) is 17.7 Å². The lowest BCUT2D eigenvalue weighted by molar-refractivity contribution is -0.156. The molecule has 1 aromatic rings. The molecule has 1 aromatic carbocycles. The van der Waals surface area contributed by atoms with Crippen molar-refractivity contribution in [2.75, 3.05) is 11.9 Å². The fraction of sp³-hybridized carbons (Fsp3) is 0.542. The Bertz CT molecular complexity index is 963. The first-order chi connectivity index (χ1) is 15.9. The van der Waals surface area contributed by atoms with Crippen molar-refractivity contribution in [1.29, 1.82) is 0 Å². The Morgan fingerprint density at radius 2 is 1.76 bits per heavy atom. The van der Waals surface area contributed by atoms with Gasteiger partial charge >= 0.3 is 18.0 Å². The number of imide groups is 2. The second-order valence-electron chi connectivity index (χ2n) is 9.99. The summed E-state index contributed by atoms with van der Waals surface area (Å²) < 4.78 is 5.05. The number of hydrogen-bond acceptors (Lipinski definition) is 6. The van der Waals surface area contributed by atoms with E-state index >= 15 is 0 Å². The Labute approximate surface area is 198 Å². The number of hydrogen-bond donors (Lipinski definition) is 3. The molecule has 1 aliphatic heterocycles. The minimum atomic E-state index is -1.30. The molecule has 10 nitrogen and oxygen atoms in total. The fourth-order valence-electron chi connectivity index (χ4n) is 4.45. The van der Waals surface area contributed by atoms with Gasteiger partial charge in [0.05, 0.1) is 0 Å². The van der Waals surface area contributed by atoms with Crippen LogP contribution >= 0.6 is 0 Å². The van der Waals surface area contributed by atoms with Crippen LogP contribution in [-0.2, 0) is 19.1 Å². The molecule has 3 N–H and O–H groups in total. The molecule has 10 heteroatoms. The summed E-state index contributed by atoms with van der Waals surface area (Å²) >= 11 is 0. The zero-order valence-corrected chi connectivity index (χ0v) is 20.0. The Balaban J connectivity index is 1.50. The molecule has 2 aliphatic rings. The van der Waals surface area contributed by atoms with Gasteiger partial charge in [0.15, 0.2) is 6.10 Å². The van der Waals surface area contributed by atoms with Crippen molar-refractivity contribution in [2.45, 2.75) is 65.0 Å². The van der Waals surface area contributed by atoms with Gasteiger partial charge in [0.2, 0.25) is 0 Å². The average molecular weight is 473 g/mol. The van der Waals surface area contributed by atoms with E-state index in [1.807, 2.05) is 0 Å². The highest BCUT2D eigenvalue weighted by molar-refractivity contribution is 6.09. The Morgan fingerprint density at radius 1 is 1.15 bits per heavy atom. The van der Waals surface area contributed by atoms with Gasteiger partial charge < -0.3 is 15.4 Å². The maximum absolute atomic E-state index is 13.0. The summed E-state index contributed by atoms with van der Waals surface area (Å²) in [6.07, 6.45) is 1.33. The number of urea groups is 2. The van der Waals surface area contributed by atoms with E-state index in [2.05, 4.69) is 36.7 Å². The van der Waals surface area contributed by atoms with Crippen LogP contribution in [0.2, 0.25) is 0 Å². The molecular weight excluding hydrogens is 440 g/mol. The molecule has 1 unspecified atom stereocenters. The maximum atomic E-state index is 13.0. The first-order valence-corrected chi connectivity index (χ1v) is 11.4. The summed E-state index contributed by atoms with van der Waals surface area (Å²) in [4.78, 5) is 62.8. The third kappa shape index (κ3) is 5.73. The van der Waals surface area contributed by atoms with Crippen LogP contribution in [0, 0.1) is 11.3 Å². The minimum absolute atomic E-state index is 0.117. The first kappa shape index (κ1) is 25.2. The van der Waals surface area contributed by atoms with E-state index in [4.69, 9.17) is 4.74 Å². The van der Waals surface area contributed by atoms with E-state index in [0.29, 0.717) is 24.4 Å². The van der Waals surface area contributed by atoms with Crippen LogP contribution in [0.5, 0.6) is 0 Å². The minimum Gasteiger partial charge on any atom is -0.451 e. The van der Waals surface area contributed by atoms with Crippen LogP contribution in [0.4, 0.5) is 15.3 Å². The molecule has 1 aliphatic carbocycles. The number of nitrogens with zero attached hydrogens (tertiary/aromatic N) is 1. The van der Waals surface area contributed by atoms with E-state index in [-0.39, 0.29) is 5.41 Å². The first-order valence-electron chi connectivity index (χ1n) is 11.4. The number of para-hydroxylation sites is 1. The Hall–Kier alpha value is -3.43. The predicted octanol–water partition coefficient (Wildman–Crippen LogP) is 2.79. The van der Waals surface area contributed by atoms with Gasteiger partial charge in [0.1, 0.15) is 12.1 Å². The van der Waals surface area contributed by atoms with Crippen LogP contribution in [0.1, 0.15) is 53.4 Å². The number of rotatable bonds is 5. The largest absolute Gasteiger partial charge is 0.451 e. The molecule has 34 heavy (non-hydrogen) atoms. The molecule has 184 valence electrons. The van der Waals surface area contributed by atoms with Crippen molar-refractivity contribution < 1.29 is 28.7 Å². The number of ether oxygens (including phenoxy) is 1. The smallest absolute Gasteiger partial charge is 0.327 e. The van der Waals surface area contributed by atoms with Crippen LogP contribution in [0.3, 0.4) is 0 Å². The van der Waals surface area contributed by atoms with Crippen LogP contribution in [0.15, 0.2) is 30.3 Å². The van der Waals surface area contributed by atoms with Crippen molar-refractivity contribution in [1.82, 2.24) is 15.5 Å². The summed E-state index contributed by atoms with van der Waals surface area (Å²) in [5.74, 6) is -1.76. The van der Waals surface area contributed by atoms with Gasteiger partial charge in [-0.1, -0.05) is 39.0 Å². The number of anilines is 1. The van der Waals surface area contributed by atoms with Crippen LogP contribution in [-0.4, -0.2) is 52.9 Å². The molecule has 0 aromatic heterocycles. The van der Waals surface area contributed by atoms with Gasteiger partial charge in [-0.05, 0) is 56.1 Å². The average Bonchev–Trinajstić information content (AvgIpc) is 2.97. The second kappa shape index (κ2) is 9.82. The molecule has 1 saturated heterocycles. The number of esters is 1. The van der Waals surface area contributed by atoms with E-state index in [1.54, 1.807) is 30.3 Å². The molecule has 1 heterocycles. The maximum Gasteiger partial charge on any atom is 0.327 e. The van der Waals surface area contributed by atoms with Crippen molar-refractivity contribution in [3.8, 4) is 0 Å². The van der Waals surface area contributed by atoms with Crippen molar-refractivity contribution in [2.24, 2.45) is 11.3 Å². The molecule has 1 atom stereocenters. The van der Waals surface area contributed by atoms with Gasteiger partial charge in [0.25, 0.3) is 11.8 Å². The molecule has 1 spiro atoms. The van der Waals surface area contributed by atoms with E-state index in [1.165, 1.54) is 6.92 Å². The zero-order valence-electron chi connectivity index (χ0n) is 20.0. The monoisotopic (exact) mass is 472 g/mol. The lowest BCUT2D eigenvalue weighted by atomic mass is 9.67. The molecule has 3 rings (SSSR count). The number of nitrogens with one attached hydrogen (secondary N) is 3. The van der Waals surface area contributed by atoms with Crippen molar-refractivity contribution in [3.05, 3.63) is 30.3 Å². The van der Waals surface area contributed by atoms with Crippen LogP contribution in [0.25, 0.3) is 0 Å². The molecule has 6 amide bonds. The summed E-state index contributed by atoms with van der Waals surface area (Å²) in [7, 11) is 0. The highest BCUT2D eigenvalue weighted by atomic mass is 16.5. The SMILES string of the molecule is CC(OC(=O)CN1C(=O)NC2(CCC(C(C)(C)C)CC2)C1=O)C(=O)NC(=O)Nc1ccccc1. The van der Waals surface area contributed by atoms with Gasteiger partial charge in [0, 0.05) is 5.69 Å². The fourth-order valence-corrected chi connectivity index (χ4v) is 4.45.